The van der Waals surface area contributed by atoms with Crippen molar-refractivity contribution in [2.45, 2.75) is 13.1 Å². The highest BCUT2D eigenvalue weighted by molar-refractivity contribution is 5.94. The predicted molar refractivity (Wildman–Crippen MR) is 48.0 cm³/mol. The quantitative estimate of drug-likeness (QED) is 0.702. The molecule has 0 aliphatic rings. The zero-order chi connectivity index (χ0) is 11.9. The molecule has 0 saturated carbocycles. The highest BCUT2D eigenvalue weighted by Gasteiger charge is 2.39. The van der Waals surface area contributed by atoms with Crippen LogP contribution in [0.4, 0.5) is 13.2 Å². The van der Waals surface area contributed by atoms with E-state index in [9.17, 15) is 18.0 Å². The lowest BCUT2D eigenvalue weighted by molar-refractivity contribution is -0.141. The second kappa shape index (κ2) is 3.29. The molecule has 0 radical (unpaired) electrons. The van der Waals surface area contributed by atoms with Crippen LogP contribution in [0, 0.1) is 0 Å². The fourth-order valence-corrected chi connectivity index (χ4v) is 1.44. The Morgan fingerprint density at radius 2 is 2.12 bits per heavy atom. The summed E-state index contributed by atoms with van der Waals surface area (Å²) in [7, 11) is 0. The molecule has 2 rings (SSSR count). The first-order chi connectivity index (χ1) is 7.41. The number of aromatic nitrogens is 3. The van der Waals surface area contributed by atoms with E-state index < -0.39 is 23.3 Å². The van der Waals surface area contributed by atoms with Crippen LogP contribution in [-0.4, -0.2) is 20.2 Å². The summed E-state index contributed by atoms with van der Waals surface area (Å²) < 4.78 is 38.9. The fraction of sp³-hybridized carbons (Fsp3) is 0.222. The van der Waals surface area contributed by atoms with Crippen molar-refractivity contribution in [3.05, 3.63) is 30.0 Å². The molecule has 2 aromatic rings. The van der Waals surface area contributed by atoms with E-state index in [2.05, 4.69) is 9.97 Å². The zero-order valence-corrected chi connectivity index (χ0v) is 8.12. The summed E-state index contributed by atoms with van der Waals surface area (Å²) in [6, 6.07) is 0. The van der Waals surface area contributed by atoms with Gasteiger partial charge in [0.1, 0.15) is 5.69 Å². The highest BCUT2D eigenvalue weighted by Crippen LogP contribution is 2.31. The number of rotatable bonds is 1. The molecule has 4 nitrogen and oxygen atoms in total. The number of nitrogens with zero attached hydrogens (tertiary/aromatic N) is 3. The summed E-state index contributed by atoms with van der Waals surface area (Å²) >= 11 is 0. The van der Waals surface area contributed by atoms with Crippen LogP contribution >= 0.6 is 0 Å². The van der Waals surface area contributed by atoms with Crippen LogP contribution in [0.2, 0.25) is 0 Å². The van der Waals surface area contributed by atoms with Crippen LogP contribution in [0.15, 0.2) is 18.6 Å². The van der Waals surface area contributed by atoms with Crippen molar-refractivity contribution in [3.63, 3.8) is 0 Å². The van der Waals surface area contributed by atoms with Crippen LogP contribution in [0.3, 0.4) is 0 Å². The number of hydrogen-bond acceptors (Lipinski definition) is 3. The van der Waals surface area contributed by atoms with Crippen molar-refractivity contribution in [2.75, 3.05) is 0 Å². The van der Waals surface area contributed by atoms with E-state index >= 15 is 0 Å². The molecule has 16 heavy (non-hydrogen) atoms. The predicted octanol–water partition coefficient (Wildman–Crippen LogP) is 1.95. The Balaban J connectivity index is 2.84. The van der Waals surface area contributed by atoms with Gasteiger partial charge in [0, 0.05) is 19.3 Å². The summed E-state index contributed by atoms with van der Waals surface area (Å²) in [6.07, 6.45) is -0.912. The minimum atomic E-state index is -4.65. The molecule has 0 spiro atoms. The molecule has 0 aliphatic heterocycles. The largest absolute Gasteiger partial charge is 0.435 e. The van der Waals surface area contributed by atoms with Gasteiger partial charge in [-0.2, -0.15) is 13.2 Å². The Bertz CT molecular complexity index is 559. The van der Waals surface area contributed by atoms with E-state index in [1.165, 1.54) is 18.6 Å². The van der Waals surface area contributed by atoms with Crippen LogP contribution in [-0.2, 0) is 6.18 Å². The SMILES string of the molecule is CC(=O)c1c(C(F)(F)F)nc2cnccn12. The standard InChI is InChI=1S/C9H6F3N3O/c1-5(16)7-8(9(10,11)12)14-6-4-13-2-3-15(6)7/h2-4H,1H3. The second-order valence-electron chi connectivity index (χ2n) is 3.17. The molecule has 0 saturated heterocycles. The molecule has 7 heteroatoms. The van der Waals surface area contributed by atoms with Crippen molar-refractivity contribution in [3.8, 4) is 0 Å². The molecule has 0 aliphatic carbocycles. The van der Waals surface area contributed by atoms with Crippen molar-refractivity contribution in [2.24, 2.45) is 0 Å². The molecule has 2 aromatic heterocycles. The van der Waals surface area contributed by atoms with Gasteiger partial charge in [-0.15, -0.1) is 0 Å². The number of Topliss-reactive ketones (excluding diaryl/α,β-unsaturated/α-hetero) is 1. The zero-order valence-electron chi connectivity index (χ0n) is 8.12. The number of halogens is 3. The Hall–Kier alpha value is -1.92. The molecule has 0 amide bonds. The molecule has 0 aromatic carbocycles. The first-order valence-corrected chi connectivity index (χ1v) is 4.31. The van der Waals surface area contributed by atoms with Gasteiger partial charge in [0.15, 0.2) is 17.1 Å². The summed E-state index contributed by atoms with van der Waals surface area (Å²) in [6.45, 7) is 1.07. The van der Waals surface area contributed by atoms with Crippen LogP contribution in [0.25, 0.3) is 5.65 Å². The molecule has 0 atom stereocenters. The van der Waals surface area contributed by atoms with Gasteiger partial charge >= 0.3 is 6.18 Å². The lowest BCUT2D eigenvalue weighted by atomic mass is 10.2. The Kier molecular flexibility index (Phi) is 2.18. The van der Waals surface area contributed by atoms with Gasteiger partial charge in [-0.05, 0) is 0 Å². The van der Waals surface area contributed by atoms with Crippen molar-refractivity contribution < 1.29 is 18.0 Å². The van der Waals surface area contributed by atoms with Crippen LogP contribution < -0.4 is 0 Å². The number of alkyl halides is 3. The number of carbonyl (C=O) groups excluding carboxylic acids is 1. The minimum Gasteiger partial charge on any atom is -0.294 e. The third-order valence-corrected chi connectivity index (χ3v) is 2.03. The first-order valence-electron chi connectivity index (χ1n) is 4.31. The van der Waals surface area contributed by atoms with Crippen molar-refractivity contribution in [1.82, 2.24) is 14.4 Å². The number of carbonyl (C=O) groups is 1. The molecule has 0 unspecified atom stereocenters. The van der Waals surface area contributed by atoms with Crippen molar-refractivity contribution in [1.29, 1.82) is 0 Å². The van der Waals surface area contributed by atoms with E-state index in [1.807, 2.05) is 0 Å². The molecule has 84 valence electrons. The smallest absolute Gasteiger partial charge is 0.294 e. The van der Waals surface area contributed by atoms with Gasteiger partial charge in [-0.25, -0.2) is 4.98 Å². The lowest BCUT2D eigenvalue weighted by Gasteiger charge is -2.04. The first kappa shape index (κ1) is 10.6. The molecule has 2 heterocycles. The summed E-state index contributed by atoms with van der Waals surface area (Å²) in [5.41, 5.74) is -1.64. The van der Waals surface area contributed by atoms with E-state index in [-0.39, 0.29) is 5.65 Å². The van der Waals surface area contributed by atoms with Gasteiger partial charge in [0.2, 0.25) is 0 Å². The molecule has 0 bridgehead atoms. The summed E-state index contributed by atoms with van der Waals surface area (Å²) in [5.74, 6) is -0.689. The molecule has 0 fully saturated rings. The Morgan fingerprint density at radius 3 is 2.69 bits per heavy atom. The van der Waals surface area contributed by atoms with E-state index in [1.54, 1.807) is 0 Å². The third kappa shape index (κ3) is 1.54. The second-order valence-corrected chi connectivity index (χ2v) is 3.17. The average Bonchev–Trinajstić information content (AvgIpc) is 2.55. The van der Waals surface area contributed by atoms with E-state index in [0.717, 1.165) is 11.3 Å². The van der Waals surface area contributed by atoms with Gasteiger partial charge in [0.05, 0.1) is 6.20 Å². The van der Waals surface area contributed by atoms with Crippen LogP contribution in [0.1, 0.15) is 23.1 Å². The number of hydrogen-bond donors (Lipinski definition) is 0. The van der Waals surface area contributed by atoms with Gasteiger partial charge in [0.25, 0.3) is 0 Å². The summed E-state index contributed by atoms with van der Waals surface area (Å²) in [5, 5.41) is 0. The maximum absolute atomic E-state index is 12.6. The number of imidazole rings is 1. The van der Waals surface area contributed by atoms with Crippen LogP contribution in [0.5, 0.6) is 0 Å². The van der Waals surface area contributed by atoms with Gasteiger partial charge < -0.3 is 0 Å². The number of ketones is 1. The lowest BCUT2D eigenvalue weighted by Crippen LogP contribution is -2.12. The third-order valence-electron chi connectivity index (χ3n) is 2.03. The van der Waals surface area contributed by atoms with Crippen molar-refractivity contribution >= 4 is 11.4 Å². The van der Waals surface area contributed by atoms with E-state index in [4.69, 9.17) is 0 Å². The normalized spacial score (nSPS) is 12.0. The molecule has 0 N–H and O–H groups in total. The maximum atomic E-state index is 12.6. The molecular weight excluding hydrogens is 223 g/mol. The Labute approximate surface area is 87.7 Å². The van der Waals surface area contributed by atoms with Gasteiger partial charge in [-0.3, -0.25) is 14.2 Å². The average molecular weight is 229 g/mol. The highest BCUT2D eigenvalue weighted by atomic mass is 19.4. The summed E-state index contributed by atoms with van der Waals surface area (Å²) in [4.78, 5) is 18.2. The number of fused-ring (bicyclic) bond motifs is 1. The molecular formula is C9H6F3N3O. The van der Waals surface area contributed by atoms with E-state index in [0.29, 0.717) is 0 Å². The fourth-order valence-electron chi connectivity index (χ4n) is 1.44. The van der Waals surface area contributed by atoms with Gasteiger partial charge in [-0.1, -0.05) is 0 Å². The minimum absolute atomic E-state index is 0.0000231. The maximum Gasteiger partial charge on any atom is 0.435 e. The topological polar surface area (TPSA) is 47.3 Å². The monoisotopic (exact) mass is 229 g/mol. The Morgan fingerprint density at radius 1 is 1.44 bits per heavy atom.